The Hall–Kier alpha value is -1.12. The first-order valence-electron chi connectivity index (χ1n) is 5.26. The summed E-state index contributed by atoms with van der Waals surface area (Å²) in [6.45, 7) is 2.00. The zero-order valence-corrected chi connectivity index (χ0v) is 13.1. The number of carboxylic acids is 1. The van der Waals surface area contributed by atoms with E-state index in [1.165, 1.54) is 11.3 Å². The van der Waals surface area contributed by atoms with Crippen LogP contribution in [0.15, 0.2) is 27.0 Å². The lowest BCUT2D eigenvalue weighted by atomic mass is 10.2. The van der Waals surface area contributed by atoms with Crippen molar-refractivity contribution in [3.63, 3.8) is 0 Å². The fraction of sp³-hybridized carbons (Fsp3) is 0.182. The molecule has 0 unspecified atom stereocenters. The lowest BCUT2D eigenvalue weighted by molar-refractivity contribution is -0.133. The smallest absolute Gasteiger partial charge is 0.313 e. The van der Waals surface area contributed by atoms with E-state index in [1.54, 1.807) is 0 Å². The number of aliphatic carboxylic acids is 1. The van der Waals surface area contributed by atoms with Gasteiger partial charge in [-0.1, -0.05) is 45.1 Å². The monoisotopic (exact) mass is 359 g/mol. The van der Waals surface area contributed by atoms with Gasteiger partial charge in [-0.2, -0.15) is 0 Å². The molecule has 1 heterocycles. The first-order valence-corrected chi connectivity index (χ1v) is 7.85. The molecule has 0 aliphatic heterocycles. The van der Waals surface area contributed by atoms with E-state index in [4.69, 9.17) is 5.11 Å². The molecule has 1 aromatic heterocycles. The van der Waals surface area contributed by atoms with Crippen molar-refractivity contribution < 1.29 is 9.90 Å². The number of hydrogen-bond donors (Lipinski definition) is 2. The van der Waals surface area contributed by atoms with Crippen LogP contribution in [-0.2, 0) is 4.79 Å². The maximum absolute atomic E-state index is 10.5. The second-order valence-corrected chi connectivity index (χ2v) is 6.76. The Balaban J connectivity index is 2.07. The van der Waals surface area contributed by atoms with Crippen molar-refractivity contribution in [2.75, 3.05) is 11.1 Å². The average molecular weight is 360 g/mol. The van der Waals surface area contributed by atoms with Gasteiger partial charge in [-0.15, -0.1) is 10.2 Å². The van der Waals surface area contributed by atoms with E-state index in [0.29, 0.717) is 9.47 Å². The Morgan fingerprint density at radius 2 is 2.32 bits per heavy atom. The number of halogens is 1. The molecule has 0 amide bonds. The molecule has 8 heteroatoms. The number of nitrogens with one attached hydrogen (secondary N) is 1. The lowest BCUT2D eigenvalue weighted by Crippen LogP contribution is -1.96. The number of benzene rings is 1. The van der Waals surface area contributed by atoms with Crippen LogP contribution in [0.1, 0.15) is 5.56 Å². The van der Waals surface area contributed by atoms with Gasteiger partial charge in [0.25, 0.3) is 0 Å². The second kappa shape index (κ2) is 6.36. The van der Waals surface area contributed by atoms with Crippen molar-refractivity contribution in [1.29, 1.82) is 0 Å². The van der Waals surface area contributed by atoms with Crippen LogP contribution in [0, 0.1) is 6.92 Å². The van der Waals surface area contributed by atoms with E-state index >= 15 is 0 Å². The molecule has 2 rings (SSSR count). The molecule has 0 saturated carbocycles. The maximum Gasteiger partial charge on any atom is 0.313 e. The summed E-state index contributed by atoms with van der Waals surface area (Å²) < 4.78 is 1.61. The summed E-state index contributed by atoms with van der Waals surface area (Å²) in [4.78, 5) is 10.5. The predicted molar refractivity (Wildman–Crippen MR) is 80.4 cm³/mol. The highest BCUT2D eigenvalue weighted by molar-refractivity contribution is 9.10. The minimum Gasteiger partial charge on any atom is -0.481 e. The topological polar surface area (TPSA) is 75.1 Å². The molecule has 0 spiro atoms. The highest BCUT2D eigenvalue weighted by atomic mass is 79.9. The van der Waals surface area contributed by atoms with Crippen molar-refractivity contribution in [3.05, 3.63) is 28.2 Å². The van der Waals surface area contributed by atoms with Crippen LogP contribution in [0.2, 0.25) is 0 Å². The van der Waals surface area contributed by atoms with Crippen molar-refractivity contribution in [2.45, 2.75) is 11.3 Å². The second-order valence-electron chi connectivity index (χ2n) is 3.64. The van der Waals surface area contributed by atoms with Gasteiger partial charge in [0.05, 0.1) is 5.75 Å². The summed E-state index contributed by atoms with van der Waals surface area (Å²) in [5.74, 6) is -0.873. The fourth-order valence-electron chi connectivity index (χ4n) is 1.29. The Bertz CT molecular complexity index is 603. The number of aryl methyl sites for hydroxylation is 1. The van der Waals surface area contributed by atoms with Gasteiger partial charge in [0.15, 0.2) is 4.34 Å². The maximum atomic E-state index is 10.5. The van der Waals surface area contributed by atoms with Crippen molar-refractivity contribution >= 4 is 55.8 Å². The minimum absolute atomic E-state index is 0.00938. The molecule has 5 nitrogen and oxygen atoms in total. The summed E-state index contributed by atoms with van der Waals surface area (Å²) in [6.07, 6.45) is 0. The van der Waals surface area contributed by atoms with Crippen LogP contribution in [0.3, 0.4) is 0 Å². The van der Waals surface area contributed by atoms with Gasteiger partial charge in [-0.3, -0.25) is 4.79 Å². The third-order valence-corrected chi connectivity index (χ3v) is 4.62. The zero-order chi connectivity index (χ0) is 13.8. The molecule has 0 aliphatic carbocycles. The molecule has 1 aromatic carbocycles. The first kappa shape index (κ1) is 14.3. The molecule has 100 valence electrons. The predicted octanol–water partition coefficient (Wildman–Crippen LogP) is 3.53. The van der Waals surface area contributed by atoms with E-state index < -0.39 is 5.97 Å². The van der Waals surface area contributed by atoms with Gasteiger partial charge in [0.2, 0.25) is 5.13 Å². The highest BCUT2D eigenvalue weighted by Gasteiger charge is 2.08. The van der Waals surface area contributed by atoms with E-state index in [0.717, 1.165) is 27.5 Å². The molecule has 0 bridgehead atoms. The molecular weight excluding hydrogens is 350 g/mol. The largest absolute Gasteiger partial charge is 0.481 e. The molecule has 2 aromatic rings. The van der Waals surface area contributed by atoms with Crippen LogP contribution in [0.25, 0.3) is 0 Å². The summed E-state index contributed by atoms with van der Waals surface area (Å²) in [7, 11) is 0. The highest BCUT2D eigenvalue weighted by Crippen LogP contribution is 2.29. The van der Waals surface area contributed by atoms with Crippen LogP contribution < -0.4 is 5.32 Å². The number of carbonyl (C=O) groups is 1. The van der Waals surface area contributed by atoms with Gasteiger partial charge in [-0.05, 0) is 24.6 Å². The van der Waals surface area contributed by atoms with Crippen molar-refractivity contribution in [1.82, 2.24) is 10.2 Å². The standard InChI is InChI=1S/C11H10BrN3O2S2/c1-6-2-3-7(12)4-8(6)13-10-14-15-11(19-10)18-5-9(16)17/h2-4H,5H2,1H3,(H,13,14)(H,16,17). The molecule has 2 N–H and O–H groups in total. The van der Waals surface area contributed by atoms with Crippen LogP contribution in [0.5, 0.6) is 0 Å². The van der Waals surface area contributed by atoms with Gasteiger partial charge in [0.1, 0.15) is 0 Å². The Labute approximate surface area is 126 Å². The summed E-state index contributed by atoms with van der Waals surface area (Å²) in [5.41, 5.74) is 2.04. The summed E-state index contributed by atoms with van der Waals surface area (Å²) in [5, 5.41) is 20.3. The SMILES string of the molecule is Cc1ccc(Br)cc1Nc1nnc(SCC(=O)O)s1. The first-order chi connectivity index (χ1) is 9.04. The van der Waals surface area contributed by atoms with E-state index in [9.17, 15) is 4.79 Å². The molecule has 0 radical (unpaired) electrons. The Kier molecular flexibility index (Phi) is 4.78. The van der Waals surface area contributed by atoms with Gasteiger partial charge < -0.3 is 10.4 Å². The van der Waals surface area contributed by atoms with E-state index in [2.05, 4.69) is 31.4 Å². The fourth-order valence-corrected chi connectivity index (χ4v) is 3.13. The number of thioether (sulfide) groups is 1. The number of nitrogens with zero attached hydrogens (tertiary/aromatic N) is 2. The van der Waals surface area contributed by atoms with Gasteiger partial charge in [0, 0.05) is 10.2 Å². The van der Waals surface area contributed by atoms with Crippen LogP contribution >= 0.6 is 39.0 Å². The number of rotatable bonds is 5. The quantitative estimate of drug-likeness (QED) is 0.795. The minimum atomic E-state index is -0.863. The molecule has 0 saturated heterocycles. The Morgan fingerprint density at radius 3 is 3.05 bits per heavy atom. The molecular formula is C11H10BrN3O2S2. The normalized spacial score (nSPS) is 10.4. The number of aromatic nitrogens is 2. The van der Waals surface area contributed by atoms with Gasteiger partial charge in [-0.25, -0.2) is 0 Å². The van der Waals surface area contributed by atoms with E-state index in [1.807, 2.05) is 25.1 Å². The zero-order valence-electron chi connectivity index (χ0n) is 9.88. The third kappa shape index (κ3) is 4.19. The molecule has 0 aliphatic rings. The molecule has 0 fully saturated rings. The van der Waals surface area contributed by atoms with Crippen molar-refractivity contribution in [3.8, 4) is 0 Å². The number of anilines is 2. The van der Waals surface area contributed by atoms with E-state index in [-0.39, 0.29) is 5.75 Å². The summed E-state index contributed by atoms with van der Waals surface area (Å²) in [6, 6.07) is 5.92. The number of hydrogen-bond acceptors (Lipinski definition) is 6. The average Bonchev–Trinajstić information content (AvgIpc) is 2.79. The third-order valence-electron chi connectivity index (χ3n) is 2.17. The molecule has 0 atom stereocenters. The van der Waals surface area contributed by atoms with Crippen LogP contribution in [-0.4, -0.2) is 27.0 Å². The Morgan fingerprint density at radius 1 is 1.53 bits per heavy atom. The molecule has 19 heavy (non-hydrogen) atoms. The van der Waals surface area contributed by atoms with Crippen LogP contribution in [0.4, 0.5) is 10.8 Å². The van der Waals surface area contributed by atoms with Gasteiger partial charge >= 0.3 is 5.97 Å². The number of carboxylic acid groups (broad SMARTS) is 1. The summed E-state index contributed by atoms with van der Waals surface area (Å²) >= 11 is 5.91. The van der Waals surface area contributed by atoms with Crippen molar-refractivity contribution in [2.24, 2.45) is 0 Å². The lowest BCUT2D eigenvalue weighted by Gasteiger charge is -2.06.